The molecule has 2 aromatic rings. The molecule has 33 heavy (non-hydrogen) atoms. The van der Waals surface area contributed by atoms with E-state index in [-0.39, 0.29) is 29.1 Å². The average Bonchev–Trinajstić information content (AvgIpc) is 3.17. The molecule has 182 valence electrons. The first-order valence-electron chi connectivity index (χ1n) is 10.8. The van der Waals surface area contributed by atoms with Gasteiger partial charge in [-0.2, -0.15) is 13.2 Å². The number of aromatic nitrogens is 2. The minimum Gasteiger partial charge on any atom is -0.383 e. The van der Waals surface area contributed by atoms with Gasteiger partial charge in [0.05, 0.1) is 30.0 Å². The average molecular weight is 469 g/mol. The van der Waals surface area contributed by atoms with Crippen molar-refractivity contribution in [1.29, 1.82) is 0 Å². The van der Waals surface area contributed by atoms with Crippen LogP contribution in [-0.4, -0.2) is 63.2 Å². The Hall–Kier alpha value is -2.59. The molecule has 7 nitrogen and oxygen atoms in total. The number of aryl methyl sites for hydroxylation is 1. The molecule has 1 aliphatic rings. The fourth-order valence-corrected chi connectivity index (χ4v) is 4.32. The van der Waals surface area contributed by atoms with E-state index >= 15 is 0 Å². The molecule has 3 rings (SSSR count). The van der Waals surface area contributed by atoms with Crippen molar-refractivity contribution in [1.82, 2.24) is 9.55 Å². The Bertz CT molecular complexity index is 1050. The summed E-state index contributed by atoms with van der Waals surface area (Å²) in [5, 5.41) is 0. The van der Waals surface area contributed by atoms with Crippen LogP contribution in [0.3, 0.4) is 0 Å². The lowest BCUT2D eigenvalue weighted by Gasteiger charge is -2.28. The van der Waals surface area contributed by atoms with E-state index in [1.165, 1.54) is 17.7 Å². The van der Waals surface area contributed by atoms with Gasteiger partial charge >= 0.3 is 6.18 Å². The summed E-state index contributed by atoms with van der Waals surface area (Å²) in [5.41, 5.74) is -0.0879. The number of hydrogen-bond donors (Lipinski definition) is 0. The third kappa shape index (κ3) is 4.86. The van der Waals surface area contributed by atoms with E-state index in [1.54, 1.807) is 39.3 Å². The van der Waals surface area contributed by atoms with E-state index in [0.717, 1.165) is 6.07 Å². The maximum Gasteiger partial charge on any atom is 0.417 e. The van der Waals surface area contributed by atoms with E-state index in [2.05, 4.69) is 4.98 Å². The molecule has 0 N–H and O–H groups in total. The summed E-state index contributed by atoms with van der Waals surface area (Å²) >= 11 is 0. The summed E-state index contributed by atoms with van der Waals surface area (Å²) < 4.78 is 53.9. The lowest BCUT2D eigenvalue weighted by molar-refractivity contribution is -0.137. The number of anilines is 2. The van der Waals surface area contributed by atoms with Crippen LogP contribution in [0.25, 0.3) is 11.4 Å². The molecular formula is C23H31F3N4O3. The molecule has 1 aromatic carbocycles. The molecule has 0 spiro atoms. The SMILES string of the molecule is CCc1nc(-c2ccc(N(C)C)cc2C(F)(F)F)n(C)c(=O)c1N1C[C@H](OC)C[C@H]1COC. The van der Waals surface area contributed by atoms with Crippen molar-refractivity contribution in [3.8, 4) is 11.4 Å². The number of hydrogen-bond acceptors (Lipinski definition) is 6. The topological polar surface area (TPSA) is 59.8 Å². The molecule has 1 fully saturated rings. The standard InChI is InChI=1S/C23H31F3N4O3/c1-7-19-20(30-12-16(33-6)10-15(30)13-32-5)22(31)29(4)21(27-19)17-9-8-14(28(2)3)11-18(17)23(24,25)26/h8-9,11,15-16H,7,10,12-13H2,1-6H3/t15-,16+/m0/s1. The maximum atomic E-state index is 14.0. The summed E-state index contributed by atoms with van der Waals surface area (Å²) in [6.07, 6.45) is -3.60. The molecular weight excluding hydrogens is 437 g/mol. The summed E-state index contributed by atoms with van der Waals surface area (Å²) in [6, 6.07) is 3.97. The fraction of sp³-hybridized carbons (Fsp3) is 0.565. The Morgan fingerprint density at radius 1 is 1.24 bits per heavy atom. The van der Waals surface area contributed by atoms with Crippen LogP contribution in [0, 0.1) is 0 Å². The van der Waals surface area contributed by atoms with Crippen LogP contribution in [0.5, 0.6) is 0 Å². The molecule has 1 aliphatic heterocycles. The summed E-state index contributed by atoms with van der Waals surface area (Å²) in [4.78, 5) is 21.6. The van der Waals surface area contributed by atoms with Crippen molar-refractivity contribution in [2.24, 2.45) is 7.05 Å². The summed E-state index contributed by atoms with van der Waals surface area (Å²) in [5.74, 6) is -0.0102. The van der Waals surface area contributed by atoms with E-state index in [9.17, 15) is 18.0 Å². The molecule has 0 amide bonds. The van der Waals surface area contributed by atoms with Crippen molar-refractivity contribution in [3.05, 3.63) is 39.8 Å². The minimum atomic E-state index is -4.60. The van der Waals surface area contributed by atoms with Crippen molar-refractivity contribution in [2.45, 2.75) is 38.1 Å². The van der Waals surface area contributed by atoms with Crippen LogP contribution in [0.15, 0.2) is 23.0 Å². The van der Waals surface area contributed by atoms with Crippen molar-refractivity contribution >= 4 is 11.4 Å². The highest BCUT2D eigenvalue weighted by Crippen LogP contribution is 2.39. The third-order valence-electron chi connectivity index (χ3n) is 6.10. The summed E-state index contributed by atoms with van der Waals surface area (Å²) in [7, 11) is 8.02. The van der Waals surface area contributed by atoms with Gasteiger partial charge in [0.15, 0.2) is 0 Å². The van der Waals surface area contributed by atoms with Gasteiger partial charge in [-0.05, 0) is 31.0 Å². The smallest absolute Gasteiger partial charge is 0.383 e. The number of methoxy groups -OCH3 is 2. The van der Waals surface area contributed by atoms with Crippen LogP contribution in [0.2, 0.25) is 0 Å². The van der Waals surface area contributed by atoms with E-state index in [4.69, 9.17) is 9.47 Å². The normalized spacial score (nSPS) is 18.8. The second-order valence-corrected chi connectivity index (χ2v) is 8.43. The second-order valence-electron chi connectivity index (χ2n) is 8.43. The van der Waals surface area contributed by atoms with Gasteiger partial charge in [-0.1, -0.05) is 6.92 Å². The predicted octanol–water partition coefficient (Wildman–Crippen LogP) is 3.33. The van der Waals surface area contributed by atoms with Crippen molar-refractivity contribution in [3.63, 3.8) is 0 Å². The highest BCUT2D eigenvalue weighted by atomic mass is 19.4. The molecule has 0 bridgehead atoms. The molecule has 0 saturated carbocycles. The molecule has 2 atom stereocenters. The van der Waals surface area contributed by atoms with Crippen LogP contribution < -0.4 is 15.4 Å². The lowest BCUT2D eigenvalue weighted by atomic mass is 10.0. The first kappa shape index (κ1) is 25.0. The number of rotatable bonds is 7. The minimum absolute atomic E-state index is 0.0102. The number of ether oxygens (including phenoxy) is 2. The Balaban J connectivity index is 2.20. The van der Waals surface area contributed by atoms with Crippen LogP contribution in [-0.2, 0) is 29.1 Å². The maximum absolute atomic E-state index is 14.0. The van der Waals surface area contributed by atoms with E-state index in [0.29, 0.717) is 43.1 Å². The van der Waals surface area contributed by atoms with Gasteiger partial charge in [-0.25, -0.2) is 4.98 Å². The second kappa shape index (κ2) is 9.72. The molecule has 0 radical (unpaired) electrons. The fourth-order valence-electron chi connectivity index (χ4n) is 4.32. The first-order chi connectivity index (χ1) is 15.5. The van der Waals surface area contributed by atoms with Crippen molar-refractivity contribution < 1.29 is 22.6 Å². The highest BCUT2D eigenvalue weighted by molar-refractivity contribution is 5.68. The highest BCUT2D eigenvalue weighted by Gasteiger charge is 2.38. The zero-order valence-corrected chi connectivity index (χ0v) is 19.9. The van der Waals surface area contributed by atoms with E-state index in [1.807, 2.05) is 11.8 Å². The van der Waals surface area contributed by atoms with Gasteiger partial charge in [0.1, 0.15) is 11.5 Å². The predicted molar refractivity (Wildman–Crippen MR) is 122 cm³/mol. The number of nitrogens with zero attached hydrogens (tertiary/aromatic N) is 4. The largest absolute Gasteiger partial charge is 0.417 e. The molecule has 1 saturated heterocycles. The third-order valence-corrected chi connectivity index (χ3v) is 6.10. The monoisotopic (exact) mass is 468 g/mol. The number of alkyl halides is 3. The quantitative estimate of drug-likeness (QED) is 0.621. The van der Waals surface area contributed by atoms with Gasteiger partial charge in [0, 0.05) is 53.2 Å². The van der Waals surface area contributed by atoms with E-state index < -0.39 is 11.7 Å². The molecule has 2 heterocycles. The van der Waals surface area contributed by atoms with Gasteiger partial charge < -0.3 is 19.3 Å². The Morgan fingerprint density at radius 3 is 2.48 bits per heavy atom. The van der Waals surface area contributed by atoms with Crippen molar-refractivity contribution in [2.75, 3.05) is 51.3 Å². The van der Waals surface area contributed by atoms with Gasteiger partial charge in [-0.3, -0.25) is 9.36 Å². The molecule has 0 aliphatic carbocycles. The van der Waals surface area contributed by atoms with Crippen LogP contribution >= 0.6 is 0 Å². The Labute approximate surface area is 191 Å². The van der Waals surface area contributed by atoms with Gasteiger partial charge in [0.2, 0.25) is 0 Å². The van der Waals surface area contributed by atoms with Gasteiger partial charge in [-0.15, -0.1) is 0 Å². The Morgan fingerprint density at radius 2 is 1.94 bits per heavy atom. The Kier molecular flexibility index (Phi) is 7.38. The molecule has 10 heteroatoms. The van der Waals surface area contributed by atoms with Crippen LogP contribution in [0.1, 0.15) is 24.6 Å². The number of halogens is 3. The zero-order chi connectivity index (χ0) is 24.5. The van der Waals surface area contributed by atoms with Gasteiger partial charge in [0.25, 0.3) is 5.56 Å². The lowest BCUT2D eigenvalue weighted by Crippen LogP contribution is -2.40. The zero-order valence-electron chi connectivity index (χ0n) is 19.9. The number of benzene rings is 1. The first-order valence-corrected chi connectivity index (χ1v) is 10.8. The summed E-state index contributed by atoms with van der Waals surface area (Å²) in [6.45, 7) is 2.72. The molecule has 0 unspecified atom stereocenters. The van der Waals surface area contributed by atoms with Crippen LogP contribution in [0.4, 0.5) is 24.5 Å². The molecule has 1 aromatic heterocycles.